The van der Waals surface area contributed by atoms with Gasteiger partial charge >= 0.3 is 0 Å². The number of rotatable bonds is 6. The van der Waals surface area contributed by atoms with Crippen molar-refractivity contribution >= 4 is 44.6 Å². The first-order chi connectivity index (χ1) is 10.9. The van der Waals surface area contributed by atoms with Gasteiger partial charge in [0.15, 0.2) is 0 Å². The van der Waals surface area contributed by atoms with E-state index in [2.05, 4.69) is 24.4 Å². The largest absolute Gasteiger partial charge is 0.497 e. The van der Waals surface area contributed by atoms with Crippen molar-refractivity contribution in [2.45, 2.75) is 33.6 Å². The molecule has 0 saturated carbocycles. The summed E-state index contributed by atoms with van der Waals surface area (Å²) in [6.45, 7) is 6.24. The molecule has 0 aliphatic heterocycles. The summed E-state index contributed by atoms with van der Waals surface area (Å²) in [5.41, 5.74) is 3.50. The number of halogens is 1. The van der Waals surface area contributed by atoms with Crippen LogP contribution in [-0.4, -0.2) is 18.7 Å². The first-order valence-electron chi connectivity index (χ1n) is 7.52. The molecule has 1 aromatic heterocycles. The van der Waals surface area contributed by atoms with Gasteiger partial charge in [-0.1, -0.05) is 25.4 Å². The molecule has 2 rings (SSSR count). The summed E-state index contributed by atoms with van der Waals surface area (Å²) in [5, 5.41) is 5.47. The Bertz CT molecular complexity index is 738. The number of fused-ring (bicyclic) bond motifs is 1. The van der Waals surface area contributed by atoms with E-state index in [4.69, 9.17) is 16.3 Å². The highest BCUT2D eigenvalue weighted by atomic mass is 35.5. The third-order valence-corrected chi connectivity index (χ3v) is 5.13. The van der Waals surface area contributed by atoms with Crippen LogP contribution in [0.3, 0.4) is 0 Å². The van der Waals surface area contributed by atoms with E-state index in [9.17, 15) is 4.79 Å². The van der Waals surface area contributed by atoms with Crippen LogP contribution in [-0.2, 0) is 0 Å². The molecule has 0 fully saturated rings. The molecule has 23 heavy (non-hydrogen) atoms. The lowest BCUT2D eigenvalue weighted by Crippen LogP contribution is -2.18. The summed E-state index contributed by atoms with van der Waals surface area (Å²) in [7, 11) is 1.61. The van der Waals surface area contributed by atoms with Gasteiger partial charge in [0.25, 0.3) is 5.91 Å². The molecule has 124 valence electrons. The second kappa shape index (κ2) is 7.79. The number of nitrogens with one attached hydrogen (secondary N) is 1. The summed E-state index contributed by atoms with van der Waals surface area (Å²) < 4.78 is 6.11. The zero-order valence-corrected chi connectivity index (χ0v) is 15.3. The third kappa shape index (κ3) is 4.45. The van der Waals surface area contributed by atoms with Crippen molar-refractivity contribution in [3.63, 3.8) is 0 Å². The van der Waals surface area contributed by atoms with Crippen LogP contribution in [0.1, 0.15) is 43.3 Å². The maximum Gasteiger partial charge on any atom is 0.283 e. The summed E-state index contributed by atoms with van der Waals surface area (Å²) >= 11 is 7.66. The molecule has 0 radical (unpaired) electrons. The lowest BCUT2D eigenvalue weighted by Gasteiger charge is -2.04. The molecule has 0 bridgehead atoms. The van der Waals surface area contributed by atoms with Gasteiger partial charge in [-0.05, 0) is 43.9 Å². The molecular weight excluding hydrogens is 332 g/mol. The number of carbonyl (C=O) groups is 1. The SMILES string of the molecule is COc1ccc2c(Cl)c(C(=O)NN=C(C)CCC(C)C)sc2c1. The van der Waals surface area contributed by atoms with Gasteiger partial charge < -0.3 is 4.74 Å². The number of nitrogens with zero attached hydrogens (tertiary/aromatic N) is 1. The van der Waals surface area contributed by atoms with E-state index in [0.717, 1.165) is 34.4 Å². The third-order valence-electron chi connectivity index (χ3n) is 3.47. The number of hydrogen-bond donors (Lipinski definition) is 1. The van der Waals surface area contributed by atoms with Gasteiger partial charge in [-0.2, -0.15) is 5.10 Å². The van der Waals surface area contributed by atoms with Crippen molar-refractivity contribution < 1.29 is 9.53 Å². The first-order valence-corrected chi connectivity index (χ1v) is 8.71. The minimum Gasteiger partial charge on any atom is -0.497 e. The number of thiophene rings is 1. The Morgan fingerprint density at radius 3 is 2.83 bits per heavy atom. The summed E-state index contributed by atoms with van der Waals surface area (Å²) in [6, 6.07) is 5.57. The van der Waals surface area contributed by atoms with Crippen molar-refractivity contribution in [2.75, 3.05) is 7.11 Å². The Hall–Kier alpha value is -1.59. The molecule has 4 nitrogen and oxygen atoms in total. The van der Waals surface area contributed by atoms with Crippen molar-refractivity contribution in [2.24, 2.45) is 11.0 Å². The minimum atomic E-state index is -0.279. The quantitative estimate of drug-likeness (QED) is 0.580. The van der Waals surface area contributed by atoms with E-state index >= 15 is 0 Å². The molecule has 2 aromatic rings. The van der Waals surface area contributed by atoms with E-state index in [1.165, 1.54) is 11.3 Å². The van der Waals surface area contributed by atoms with Crippen LogP contribution >= 0.6 is 22.9 Å². The summed E-state index contributed by atoms with van der Waals surface area (Å²) in [6.07, 6.45) is 1.92. The highest BCUT2D eigenvalue weighted by Gasteiger charge is 2.17. The number of ether oxygens (including phenoxy) is 1. The molecule has 0 atom stereocenters. The molecule has 0 spiro atoms. The van der Waals surface area contributed by atoms with E-state index < -0.39 is 0 Å². The van der Waals surface area contributed by atoms with Crippen LogP contribution in [0.5, 0.6) is 5.75 Å². The topological polar surface area (TPSA) is 50.7 Å². The van der Waals surface area contributed by atoms with Crippen LogP contribution in [0.4, 0.5) is 0 Å². The zero-order chi connectivity index (χ0) is 17.0. The lowest BCUT2D eigenvalue weighted by atomic mass is 10.1. The normalized spacial score (nSPS) is 12.0. The van der Waals surface area contributed by atoms with Gasteiger partial charge in [0, 0.05) is 15.8 Å². The van der Waals surface area contributed by atoms with Crippen molar-refractivity contribution in [3.8, 4) is 5.75 Å². The predicted octanol–water partition coefficient (Wildman–Crippen LogP) is 5.11. The van der Waals surface area contributed by atoms with E-state index in [1.807, 2.05) is 25.1 Å². The fourth-order valence-electron chi connectivity index (χ4n) is 2.07. The smallest absolute Gasteiger partial charge is 0.283 e. The number of hydrazone groups is 1. The van der Waals surface area contributed by atoms with Crippen LogP contribution in [0.15, 0.2) is 23.3 Å². The van der Waals surface area contributed by atoms with Crippen molar-refractivity contribution in [1.82, 2.24) is 5.43 Å². The van der Waals surface area contributed by atoms with Gasteiger partial charge in [-0.15, -0.1) is 11.3 Å². The lowest BCUT2D eigenvalue weighted by molar-refractivity contribution is 0.0959. The average Bonchev–Trinajstić information content (AvgIpc) is 2.86. The maximum absolute atomic E-state index is 12.3. The van der Waals surface area contributed by atoms with Gasteiger partial charge in [0.2, 0.25) is 0 Å². The number of methoxy groups -OCH3 is 1. The predicted molar refractivity (Wildman–Crippen MR) is 98.0 cm³/mol. The molecule has 1 N–H and O–H groups in total. The molecule has 1 heterocycles. The fraction of sp³-hybridized carbons (Fsp3) is 0.412. The number of hydrogen-bond acceptors (Lipinski definition) is 4. The average molecular weight is 353 g/mol. The monoisotopic (exact) mass is 352 g/mol. The maximum atomic E-state index is 12.3. The first kappa shape index (κ1) is 17.8. The fourth-order valence-corrected chi connectivity index (χ4v) is 3.50. The molecule has 6 heteroatoms. The standard InChI is InChI=1S/C17H21ClN2O2S/c1-10(2)5-6-11(3)19-20-17(21)16-15(18)13-8-7-12(22-4)9-14(13)23-16/h7-10H,5-6H2,1-4H3,(H,20,21). The van der Waals surface area contributed by atoms with E-state index in [1.54, 1.807) is 7.11 Å². The highest BCUT2D eigenvalue weighted by molar-refractivity contribution is 7.21. The molecule has 0 aliphatic rings. The van der Waals surface area contributed by atoms with Gasteiger partial charge in [0.1, 0.15) is 10.6 Å². The zero-order valence-electron chi connectivity index (χ0n) is 13.8. The Morgan fingerprint density at radius 2 is 2.17 bits per heavy atom. The van der Waals surface area contributed by atoms with Crippen LogP contribution in [0.25, 0.3) is 10.1 Å². The van der Waals surface area contributed by atoms with Crippen molar-refractivity contribution in [1.29, 1.82) is 0 Å². The second-order valence-electron chi connectivity index (χ2n) is 5.83. The minimum absolute atomic E-state index is 0.279. The molecular formula is C17H21ClN2O2S. The second-order valence-corrected chi connectivity index (χ2v) is 7.26. The highest BCUT2D eigenvalue weighted by Crippen LogP contribution is 2.37. The molecule has 0 aliphatic carbocycles. The molecule has 1 amide bonds. The van der Waals surface area contributed by atoms with E-state index in [-0.39, 0.29) is 5.91 Å². The van der Waals surface area contributed by atoms with Crippen LogP contribution < -0.4 is 10.2 Å². The summed E-state index contributed by atoms with van der Waals surface area (Å²) in [4.78, 5) is 12.8. The van der Waals surface area contributed by atoms with Gasteiger partial charge in [-0.3, -0.25) is 4.79 Å². The number of amides is 1. The van der Waals surface area contributed by atoms with Gasteiger partial charge in [-0.25, -0.2) is 5.43 Å². The summed E-state index contributed by atoms with van der Waals surface area (Å²) in [5.74, 6) is 1.08. The Morgan fingerprint density at radius 1 is 1.43 bits per heavy atom. The molecule has 0 saturated heterocycles. The molecule has 0 unspecified atom stereocenters. The Kier molecular flexibility index (Phi) is 6.02. The van der Waals surface area contributed by atoms with Crippen LogP contribution in [0, 0.1) is 5.92 Å². The Balaban J connectivity index is 2.14. The molecule has 1 aromatic carbocycles. The van der Waals surface area contributed by atoms with Crippen LogP contribution in [0.2, 0.25) is 5.02 Å². The number of benzene rings is 1. The number of carbonyl (C=O) groups excluding carboxylic acids is 1. The Labute approximate surface area is 145 Å². The van der Waals surface area contributed by atoms with Gasteiger partial charge in [0.05, 0.1) is 12.1 Å². The van der Waals surface area contributed by atoms with E-state index in [0.29, 0.717) is 15.8 Å². The van der Waals surface area contributed by atoms with Crippen molar-refractivity contribution in [3.05, 3.63) is 28.1 Å².